The molecule has 2 rings (SSSR count). The fraction of sp³-hybridized carbons (Fsp3) is 0. The number of halogens is 2. The number of benzene rings is 1. The van der Waals surface area contributed by atoms with Crippen molar-refractivity contribution < 1.29 is 4.79 Å². The van der Waals surface area contributed by atoms with E-state index in [9.17, 15) is 4.79 Å². The Morgan fingerprint density at radius 3 is 2.88 bits per heavy atom. The number of anilines is 1. The topological polar surface area (TPSA) is 70.7 Å². The van der Waals surface area contributed by atoms with Gasteiger partial charge in [0.15, 0.2) is 0 Å². The molecule has 1 amide bonds. The Balaban J connectivity index is 2.24. The Morgan fingerprint density at radius 2 is 2.19 bits per heavy atom. The highest BCUT2D eigenvalue weighted by atomic mass is 35.5. The molecule has 0 fully saturated rings. The van der Waals surface area contributed by atoms with E-state index in [1.54, 1.807) is 18.2 Å². The van der Waals surface area contributed by atoms with Crippen molar-refractivity contribution in [1.82, 2.24) is 15.2 Å². The maximum Gasteiger partial charge on any atom is 0.259 e. The van der Waals surface area contributed by atoms with E-state index in [2.05, 4.69) is 20.5 Å². The summed E-state index contributed by atoms with van der Waals surface area (Å²) in [6.45, 7) is 0. The van der Waals surface area contributed by atoms with Crippen LogP contribution < -0.4 is 5.32 Å². The van der Waals surface area contributed by atoms with Crippen LogP contribution in [0.3, 0.4) is 0 Å². The van der Waals surface area contributed by atoms with Crippen molar-refractivity contribution in [3.05, 3.63) is 40.1 Å². The van der Waals surface area contributed by atoms with E-state index in [-0.39, 0.29) is 16.5 Å². The molecule has 0 saturated carbocycles. The van der Waals surface area contributed by atoms with E-state index in [0.717, 1.165) is 0 Å². The molecule has 0 spiro atoms. The van der Waals surface area contributed by atoms with E-state index < -0.39 is 5.91 Å². The average Bonchev–Trinajstić information content (AvgIpc) is 2.74. The number of nitrogens with one attached hydrogen (secondary N) is 2. The number of nitrogens with zero attached hydrogens (tertiary/aromatic N) is 2. The first kappa shape index (κ1) is 10.9. The number of hydrogen-bond donors (Lipinski definition) is 2. The molecular formula is C9H6Cl2N4O. The molecule has 0 bridgehead atoms. The predicted octanol–water partition coefficient (Wildman–Crippen LogP) is 2.36. The third-order valence-electron chi connectivity index (χ3n) is 1.84. The Hall–Kier alpha value is -1.59. The maximum atomic E-state index is 11.7. The normalized spacial score (nSPS) is 10.1. The van der Waals surface area contributed by atoms with Crippen LogP contribution in [-0.2, 0) is 0 Å². The Morgan fingerprint density at radius 1 is 1.38 bits per heavy atom. The summed E-state index contributed by atoms with van der Waals surface area (Å²) in [5, 5.41) is 9.13. The van der Waals surface area contributed by atoms with Crippen LogP contribution in [0.2, 0.25) is 10.0 Å². The van der Waals surface area contributed by atoms with E-state index in [4.69, 9.17) is 23.2 Å². The Labute approximate surface area is 101 Å². The van der Waals surface area contributed by atoms with Gasteiger partial charge in [0.2, 0.25) is 5.95 Å². The molecule has 0 aliphatic rings. The lowest BCUT2D eigenvalue weighted by atomic mass is 10.2. The zero-order valence-electron chi connectivity index (χ0n) is 7.87. The summed E-state index contributed by atoms with van der Waals surface area (Å²) in [6.07, 6.45) is 1.29. The standard InChI is InChI=1S/C9H6Cl2N4O/c10-6-3-1-2-5(7(6)11)8(16)14-9-12-4-13-15-9/h1-4H,(H2,12,13,14,15,16). The molecule has 0 atom stereocenters. The molecule has 1 aromatic carbocycles. The summed E-state index contributed by atoms with van der Waals surface area (Å²) in [4.78, 5) is 15.5. The van der Waals surface area contributed by atoms with Gasteiger partial charge < -0.3 is 0 Å². The fourth-order valence-electron chi connectivity index (χ4n) is 1.12. The van der Waals surface area contributed by atoms with Crippen molar-refractivity contribution in [3.63, 3.8) is 0 Å². The van der Waals surface area contributed by atoms with Crippen LogP contribution >= 0.6 is 23.2 Å². The Kier molecular flexibility index (Phi) is 3.07. The van der Waals surface area contributed by atoms with Crippen LogP contribution in [0.25, 0.3) is 0 Å². The third-order valence-corrected chi connectivity index (χ3v) is 2.66. The number of carbonyl (C=O) groups is 1. The van der Waals surface area contributed by atoms with Crippen molar-refractivity contribution >= 4 is 35.1 Å². The van der Waals surface area contributed by atoms with Gasteiger partial charge in [-0.3, -0.25) is 10.1 Å². The highest BCUT2D eigenvalue weighted by Gasteiger charge is 2.13. The SMILES string of the molecule is O=C(Nc1ncn[nH]1)c1cccc(Cl)c1Cl. The zero-order chi connectivity index (χ0) is 11.5. The molecule has 5 nitrogen and oxygen atoms in total. The van der Waals surface area contributed by atoms with E-state index in [1.165, 1.54) is 6.33 Å². The Bertz CT molecular complexity index is 512. The molecule has 1 heterocycles. The van der Waals surface area contributed by atoms with Crippen LogP contribution in [-0.4, -0.2) is 21.1 Å². The smallest absolute Gasteiger partial charge is 0.259 e. The minimum Gasteiger partial charge on any atom is -0.291 e. The van der Waals surface area contributed by atoms with Gasteiger partial charge in [0.05, 0.1) is 15.6 Å². The lowest BCUT2D eigenvalue weighted by Crippen LogP contribution is -2.13. The van der Waals surface area contributed by atoms with Crippen LogP contribution in [0.1, 0.15) is 10.4 Å². The maximum absolute atomic E-state index is 11.7. The molecule has 2 aromatic rings. The van der Waals surface area contributed by atoms with E-state index >= 15 is 0 Å². The van der Waals surface area contributed by atoms with Gasteiger partial charge in [-0.15, -0.1) is 0 Å². The molecule has 16 heavy (non-hydrogen) atoms. The monoisotopic (exact) mass is 256 g/mol. The first-order valence-electron chi connectivity index (χ1n) is 4.29. The van der Waals surface area contributed by atoms with Crippen molar-refractivity contribution in [2.24, 2.45) is 0 Å². The largest absolute Gasteiger partial charge is 0.291 e. The summed E-state index contributed by atoms with van der Waals surface area (Å²) in [5.41, 5.74) is 0.283. The number of aromatic amines is 1. The van der Waals surface area contributed by atoms with Gasteiger partial charge in [-0.2, -0.15) is 10.1 Å². The van der Waals surface area contributed by atoms with Crippen LogP contribution in [0, 0.1) is 0 Å². The van der Waals surface area contributed by atoms with Gasteiger partial charge in [0.1, 0.15) is 6.33 Å². The summed E-state index contributed by atoms with van der Waals surface area (Å²) >= 11 is 11.7. The predicted molar refractivity (Wildman–Crippen MR) is 60.8 cm³/mol. The van der Waals surface area contributed by atoms with Crippen molar-refractivity contribution in [1.29, 1.82) is 0 Å². The van der Waals surface area contributed by atoms with Crippen LogP contribution in [0.4, 0.5) is 5.95 Å². The first-order chi connectivity index (χ1) is 7.68. The van der Waals surface area contributed by atoms with Gasteiger partial charge in [-0.1, -0.05) is 29.3 Å². The van der Waals surface area contributed by atoms with E-state index in [0.29, 0.717) is 5.02 Å². The van der Waals surface area contributed by atoms with Crippen molar-refractivity contribution in [2.75, 3.05) is 5.32 Å². The lowest BCUT2D eigenvalue weighted by molar-refractivity contribution is 0.102. The van der Waals surface area contributed by atoms with Crippen LogP contribution in [0.15, 0.2) is 24.5 Å². The van der Waals surface area contributed by atoms with Gasteiger partial charge >= 0.3 is 0 Å². The average molecular weight is 257 g/mol. The zero-order valence-corrected chi connectivity index (χ0v) is 9.38. The molecule has 1 aromatic heterocycles. The highest BCUT2D eigenvalue weighted by molar-refractivity contribution is 6.44. The second kappa shape index (κ2) is 4.51. The summed E-state index contributed by atoms with van der Waals surface area (Å²) in [5.74, 6) is -0.148. The summed E-state index contributed by atoms with van der Waals surface area (Å²) in [6, 6.07) is 4.82. The van der Waals surface area contributed by atoms with Gasteiger partial charge in [0, 0.05) is 0 Å². The summed E-state index contributed by atoms with van der Waals surface area (Å²) in [7, 11) is 0. The van der Waals surface area contributed by atoms with Gasteiger partial charge in [-0.25, -0.2) is 5.10 Å². The second-order valence-electron chi connectivity index (χ2n) is 2.89. The van der Waals surface area contributed by atoms with Gasteiger partial charge in [0.25, 0.3) is 5.91 Å². The molecule has 0 saturated heterocycles. The third kappa shape index (κ3) is 2.15. The number of H-pyrrole nitrogens is 1. The number of rotatable bonds is 2. The molecule has 2 N–H and O–H groups in total. The van der Waals surface area contributed by atoms with Crippen molar-refractivity contribution in [2.45, 2.75) is 0 Å². The lowest BCUT2D eigenvalue weighted by Gasteiger charge is -2.04. The molecule has 82 valence electrons. The second-order valence-corrected chi connectivity index (χ2v) is 3.67. The molecule has 0 aliphatic carbocycles. The van der Waals surface area contributed by atoms with Gasteiger partial charge in [-0.05, 0) is 12.1 Å². The number of carbonyl (C=O) groups excluding carboxylic acids is 1. The molecule has 7 heteroatoms. The molecule has 0 radical (unpaired) electrons. The fourth-order valence-corrected chi connectivity index (χ4v) is 1.51. The minimum absolute atomic E-state index is 0.209. The molecule has 0 aliphatic heterocycles. The summed E-state index contributed by atoms with van der Waals surface area (Å²) < 4.78 is 0. The van der Waals surface area contributed by atoms with Crippen LogP contribution in [0.5, 0.6) is 0 Å². The number of hydrogen-bond acceptors (Lipinski definition) is 3. The molecular weight excluding hydrogens is 251 g/mol. The number of amides is 1. The highest BCUT2D eigenvalue weighted by Crippen LogP contribution is 2.25. The molecule has 0 unspecified atom stereocenters. The van der Waals surface area contributed by atoms with Crippen molar-refractivity contribution in [3.8, 4) is 0 Å². The first-order valence-corrected chi connectivity index (χ1v) is 5.05. The quantitative estimate of drug-likeness (QED) is 0.867. The number of aromatic nitrogens is 3. The minimum atomic E-state index is -0.399. The van der Waals surface area contributed by atoms with E-state index in [1.807, 2.05) is 0 Å².